The summed E-state index contributed by atoms with van der Waals surface area (Å²) in [4.78, 5) is 52.2. The summed E-state index contributed by atoms with van der Waals surface area (Å²) in [5, 5.41) is 10.9. The Hall–Kier alpha value is -1.17. The molecule has 0 rings (SSSR count). The van der Waals surface area contributed by atoms with Crippen molar-refractivity contribution in [1.82, 2.24) is 5.32 Å². The fraction of sp³-hybridized carbons (Fsp3) is 0.750. The molecule has 0 aromatic carbocycles. The maximum atomic E-state index is 12.3. The zero-order valence-electron chi connectivity index (χ0n) is 13.7. The Bertz CT molecular complexity index is 537. The Kier molecular flexibility index (Phi) is 9.62. The van der Waals surface area contributed by atoms with E-state index in [0.29, 0.717) is 0 Å². The van der Waals surface area contributed by atoms with Gasteiger partial charge >= 0.3 is 19.8 Å². The number of aliphatic carboxylic acids is 1. The van der Waals surface area contributed by atoms with Gasteiger partial charge in [0.2, 0.25) is 0 Å². The first-order valence-corrected chi connectivity index (χ1v) is 9.23. The summed E-state index contributed by atoms with van der Waals surface area (Å²) in [5.41, 5.74) is 4.13. The number of nitrogens with two attached hydrogens (primary N) is 1. The van der Waals surface area contributed by atoms with Crippen LogP contribution in [0.25, 0.3) is 0 Å². The van der Waals surface area contributed by atoms with Crippen LogP contribution >= 0.6 is 20.5 Å². The molecule has 1 amide bonds. The van der Waals surface area contributed by atoms with Gasteiger partial charge < -0.3 is 30.7 Å². The first kappa shape index (κ1) is 23.8. The van der Waals surface area contributed by atoms with Crippen molar-refractivity contribution in [2.45, 2.75) is 32.4 Å². The van der Waals surface area contributed by atoms with Gasteiger partial charge in [-0.1, -0.05) is 13.8 Å². The van der Waals surface area contributed by atoms with Gasteiger partial charge in [-0.2, -0.15) is 12.6 Å². The molecule has 0 fully saturated rings. The molecular formula is C12H23N2O9PS. The molecular weight excluding hydrogens is 379 g/mol. The number of rotatable bonds is 11. The highest BCUT2D eigenvalue weighted by Gasteiger charge is 2.41. The number of phosphoric acid groups is 1. The van der Waals surface area contributed by atoms with Crippen LogP contribution in [0, 0.1) is 5.41 Å². The average Bonchev–Trinajstić information content (AvgIpc) is 2.48. The number of esters is 1. The Morgan fingerprint density at radius 3 is 2.32 bits per heavy atom. The van der Waals surface area contributed by atoms with Crippen molar-refractivity contribution in [2.24, 2.45) is 11.1 Å². The van der Waals surface area contributed by atoms with Crippen LogP contribution < -0.4 is 11.1 Å². The number of amides is 1. The summed E-state index contributed by atoms with van der Waals surface area (Å²) in [6.45, 7) is 1.92. The van der Waals surface area contributed by atoms with Gasteiger partial charge in [-0.3, -0.25) is 18.9 Å². The van der Waals surface area contributed by atoms with Gasteiger partial charge in [0.1, 0.15) is 6.04 Å². The Morgan fingerprint density at radius 1 is 1.32 bits per heavy atom. The molecule has 2 atom stereocenters. The number of hydrogen-bond acceptors (Lipinski definition) is 8. The number of thiol groups is 1. The minimum atomic E-state index is -4.81. The van der Waals surface area contributed by atoms with Gasteiger partial charge in [0, 0.05) is 17.7 Å². The highest BCUT2D eigenvalue weighted by atomic mass is 32.1. The van der Waals surface area contributed by atoms with Gasteiger partial charge in [-0.25, -0.2) is 4.57 Å². The second-order valence-corrected chi connectivity index (χ2v) is 7.40. The van der Waals surface area contributed by atoms with Crippen LogP contribution in [0.4, 0.5) is 0 Å². The minimum Gasteiger partial charge on any atom is -0.481 e. The smallest absolute Gasteiger partial charge is 0.469 e. The molecule has 0 spiro atoms. The number of carboxylic acid groups (broad SMARTS) is 1. The predicted molar refractivity (Wildman–Crippen MR) is 88.7 cm³/mol. The Balaban J connectivity index is 5.21. The number of phosphoric ester groups is 1. The van der Waals surface area contributed by atoms with E-state index in [0.717, 1.165) is 0 Å². The van der Waals surface area contributed by atoms with Crippen LogP contribution in [0.2, 0.25) is 0 Å². The van der Waals surface area contributed by atoms with E-state index < -0.39 is 49.8 Å². The van der Waals surface area contributed by atoms with Gasteiger partial charge in [0.05, 0.1) is 13.0 Å². The fourth-order valence-corrected chi connectivity index (χ4v) is 2.21. The first-order valence-electron chi connectivity index (χ1n) is 7.06. The molecule has 0 aliphatic carbocycles. The molecule has 0 aliphatic heterocycles. The molecule has 6 N–H and O–H groups in total. The number of carbonyl (C=O) groups is 3. The van der Waals surface area contributed by atoms with Crippen LogP contribution in [-0.2, 0) is 28.2 Å². The van der Waals surface area contributed by atoms with Crippen molar-refractivity contribution >= 4 is 38.3 Å². The van der Waals surface area contributed by atoms with Crippen LogP contribution in [0.5, 0.6) is 0 Å². The van der Waals surface area contributed by atoms with E-state index in [1.807, 2.05) is 0 Å². The normalized spacial score (nSPS) is 14.5. The number of hydrogen-bond donors (Lipinski definition) is 6. The lowest BCUT2D eigenvalue weighted by atomic mass is 9.86. The minimum absolute atomic E-state index is 0.0500. The predicted octanol–water partition coefficient (Wildman–Crippen LogP) is -1.12. The van der Waals surface area contributed by atoms with Crippen LogP contribution in [-0.4, -0.2) is 63.8 Å². The van der Waals surface area contributed by atoms with E-state index >= 15 is 0 Å². The molecule has 0 saturated heterocycles. The fourth-order valence-electron chi connectivity index (χ4n) is 1.56. The lowest BCUT2D eigenvalue weighted by Crippen LogP contribution is -2.51. The van der Waals surface area contributed by atoms with E-state index in [1.165, 1.54) is 13.8 Å². The topological polar surface area (TPSA) is 185 Å². The number of carboxylic acids is 1. The van der Waals surface area contributed by atoms with Crippen LogP contribution in [0.15, 0.2) is 0 Å². The third-order valence-corrected chi connectivity index (χ3v) is 3.78. The van der Waals surface area contributed by atoms with Crippen molar-refractivity contribution in [3.05, 3.63) is 0 Å². The maximum absolute atomic E-state index is 12.3. The van der Waals surface area contributed by atoms with E-state index in [-0.39, 0.29) is 18.7 Å². The van der Waals surface area contributed by atoms with Crippen molar-refractivity contribution < 1.29 is 43.1 Å². The molecule has 0 aliphatic rings. The van der Waals surface area contributed by atoms with Gasteiger partial charge in [0.15, 0.2) is 6.10 Å². The number of nitrogens with one attached hydrogen (secondary N) is 1. The van der Waals surface area contributed by atoms with Gasteiger partial charge in [0.25, 0.3) is 5.91 Å². The van der Waals surface area contributed by atoms with Crippen LogP contribution in [0.1, 0.15) is 20.3 Å². The van der Waals surface area contributed by atoms with Gasteiger partial charge in [-0.15, -0.1) is 0 Å². The van der Waals surface area contributed by atoms with Crippen molar-refractivity contribution in [3.63, 3.8) is 0 Å². The zero-order valence-corrected chi connectivity index (χ0v) is 15.5. The summed E-state index contributed by atoms with van der Waals surface area (Å²) >= 11 is 3.84. The lowest BCUT2D eigenvalue weighted by Gasteiger charge is -2.33. The molecule has 1 unspecified atom stereocenters. The largest absolute Gasteiger partial charge is 0.481 e. The van der Waals surface area contributed by atoms with Gasteiger partial charge in [-0.05, 0) is 0 Å². The standard InChI is InChI=1S/C12H23N2O9PS/c1-12(2,6-22-24(19,20)21)9(23-11(18)7(13)5-25)10(17)14-4-3-8(15)16/h7,9,25H,3-6,13H2,1-2H3,(H,14,17)(H,15,16)(H2,19,20,21)/t7-,9?/m0/s1. The molecule has 0 radical (unpaired) electrons. The molecule has 0 aromatic heterocycles. The molecule has 13 heteroatoms. The second-order valence-electron chi connectivity index (χ2n) is 5.79. The molecule has 0 saturated carbocycles. The number of ether oxygens (including phenoxy) is 1. The third-order valence-electron chi connectivity index (χ3n) is 2.92. The summed E-state index contributed by atoms with van der Waals surface area (Å²) in [6.07, 6.45) is -1.88. The Morgan fingerprint density at radius 2 is 1.88 bits per heavy atom. The van der Waals surface area contributed by atoms with E-state index in [9.17, 15) is 18.9 Å². The monoisotopic (exact) mass is 402 g/mol. The lowest BCUT2D eigenvalue weighted by molar-refractivity contribution is -0.165. The van der Waals surface area contributed by atoms with Crippen LogP contribution in [0.3, 0.4) is 0 Å². The number of carbonyl (C=O) groups excluding carboxylic acids is 2. The molecule has 11 nitrogen and oxygen atoms in total. The summed E-state index contributed by atoms with van der Waals surface area (Å²) < 4.78 is 20.3. The summed E-state index contributed by atoms with van der Waals surface area (Å²) in [5.74, 6) is -2.99. The zero-order chi connectivity index (χ0) is 19.8. The Labute approximate surface area is 149 Å². The average molecular weight is 402 g/mol. The van der Waals surface area contributed by atoms with E-state index in [4.69, 9.17) is 25.4 Å². The van der Waals surface area contributed by atoms with Crippen molar-refractivity contribution in [3.8, 4) is 0 Å². The summed E-state index contributed by atoms with van der Waals surface area (Å²) in [7, 11) is -4.81. The maximum Gasteiger partial charge on any atom is 0.469 e. The SMILES string of the molecule is CC(C)(COP(=O)(O)O)C(OC(=O)[C@@H](N)CS)C(=O)NCCC(=O)O. The molecule has 146 valence electrons. The van der Waals surface area contributed by atoms with Crippen molar-refractivity contribution in [2.75, 3.05) is 18.9 Å². The molecule has 0 heterocycles. The molecule has 0 bridgehead atoms. The summed E-state index contributed by atoms with van der Waals surface area (Å²) in [6, 6.07) is -1.11. The second kappa shape index (κ2) is 10.1. The van der Waals surface area contributed by atoms with E-state index in [1.54, 1.807) is 0 Å². The van der Waals surface area contributed by atoms with E-state index in [2.05, 4.69) is 22.5 Å². The molecule has 25 heavy (non-hydrogen) atoms. The highest BCUT2D eigenvalue weighted by molar-refractivity contribution is 7.80. The first-order chi connectivity index (χ1) is 11.3. The quantitative estimate of drug-likeness (QED) is 0.140. The third kappa shape index (κ3) is 9.78. The molecule has 0 aromatic rings. The highest BCUT2D eigenvalue weighted by Crippen LogP contribution is 2.39. The van der Waals surface area contributed by atoms with Crippen molar-refractivity contribution in [1.29, 1.82) is 0 Å².